The molecular formula is C87H170O17P2. The molecule has 0 saturated carbocycles. The Morgan fingerprint density at radius 1 is 0.264 bits per heavy atom. The van der Waals surface area contributed by atoms with E-state index in [9.17, 15) is 43.2 Å². The Hall–Kier alpha value is -1.94. The van der Waals surface area contributed by atoms with Gasteiger partial charge in [0.15, 0.2) is 12.2 Å². The van der Waals surface area contributed by atoms with Crippen LogP contribution < -0.4 is 0 Å². The predicted molar refractivity (Wildman–Crippen MR) is 437 cm³/mol. The van der Waals surface area contributed by atoms with Crippen molar-refractivity contribution in [1.29, 1.82) is 0 Å². The number of phosphoric acid groups is 2. The monoisotopic (exact) mass is 1550 g/mol. The van der Waals surface area contributed by atoms with Crippen LogP contribution >= 0.6 is 15.6 Å². The molecule has 0 rings (SSSR count). The lowest BCUT2D eigenvalue weighted by Crippen LogP contribution is -2.30. The predicted octanol–water partition coefficient (Wildman–Crippen LogP) is 26.6. The summed E-state index contributed by atoms with van der Waals surface area (Å²) < 4.78 is 68.9. The fourth-order valence-corrected chi connectivity index (χ4v) is 15.1. The van der Waals surface area contributed by atoms with Gasteiger partial charge in [-0.3, -0.25) is 37.3 Å². The zero-order valence-electron chi connectivity index (χ0n) is 69.7. The molecule has 0 saturated heterocycles. The van der Waals surface area contributed by atoms with Crippen molar-refractivity contribution in [2.24, 2.45) is 11.8 Å². The van der Waals surface area contributed by atoms with E-state index in [1.807, 2.05) is 0 Å². The third-order valence-electron chi connectivity index (χ3n) is 21.2. The van der Waals surface area contributed by atoms with Crippen LogP contribution in [0.3, 0.4) is 0 Å². The number of esters is 4. The van der Waals surface area contributed by atoms with Gasteiger partial charge in [0, 0.05) is 25.7 Å². The molecule has 19 heteroatoms. The zero-order chi connectivity index (χ0) is 77.8. The van der Waals surface area contributed by atoms with Gasteiger partial charge in [-0.05, 0) is 37.5 Å². The number of aliphatic hydroxyl groups excluding tert-OH is 1. The Bertz CT molecular complexity index is 2030. The van der Waals surface area contributed by atoms with E-state index in [0.717, 1.165) is 108 Å². The molecule has 7 atom stereocenters. The molecule has 0 aliphatic carbocycles. The highest BCUT2D eigenvalue weighted by molar-refractivity contribution is 7.47. The maximum Gasteiger partial charge on any atom is 0.472 e. The fraction of sp³-hybridized carbons (Fsp3) is 0.954. The molecule has 3 N–H and O–H groups in total. The Morgan fingerprint density at radius 2 is 0.453 bits per heavy atom. The third kappa shape index (κ3) is 77.4. The number of rotatable bonds is 86. The Balaban J connectivity index is 5.23. The lowest BCUT2D eigenvalue weighted by atomic mass is 9.99. The van der Waals surface area contributed by atoms with Crippen LogP contribution in [0, 0.1) is 11.8 Å². The molecule has 0 aliphatic heterocycles. The van der Waals surface area contributed by atoms with Crippen LogP contribution in [-0.2, 0) is 65.4 Å². The molecule has 0 aromatic heterocycles. The lowest BCUT2D eigenvalue weighted by Gasteiger charge is -2.21. The summed E-state index contributed by atoms with van der Waals surface area (Å²) in [6.45, 7) is 9.70. The summed E-state index contributed by atoms with van der Waals surface area (Å²) in [5.41, 5.74) is 0. The van der Waals surface area contributed by atoms with Crippen molar-refractivity contribution in [2.45, 2.75) is 484 Å². The van der Waals surface area contributed by atoms with Crippen LogP contribution in [0.15, 0.2) is 0 Å². The second kappa shape index (κ2) is 78.3. The second-order valence-corrected chi connectivity index (χ2v) is 34.7. The van der Waals surface area contributed by atoms with E-state index in [4.69, 9.17) is 37.0 Å². The normalized spacial score (nSPS) is 14.3. The van der Waals surface area contributed by atoms with E-state index in [1.165, 1.54) is 276 Å². The van der Waals surface area contributed by atoms with E-state index in [1.54, 1.807) is 0 Å². The number of carbonyl (C=O) groups excluding carboxylic acids is 4. The molecule has 0 spiro atoms. The van der Waals surface area contributed by atoms with Gasteiger partial charge in [0.25, 0.3) is 0 Å². The quantitative estimate of drug-likeness (QED) is 0.0222. The molecule has 4 unspecified atom stereocenters. The van der Waals surface area contributed by atoms with Gasteiger partial charge in [0.1, 0.15) is 19.3 Å². The maximum atomic E-state index is 13.2. The highest BCUT2D eigenvalue weighted by Gasteiger charge is 2.30. The average molecular weight is 1550 g/mol. The van der Waals surface area contributed by atoms with Crippen molar-refractivity contribution in [3.8, 4) is 0 Å². The van der Waals surface area contributed by atoms with Crippen LogP contribution in [0.1, 0.15) is 465 Å². The van der Waals surface area contributed by atoms with Crippen molar-refractivity contribution < 1.29 is 80.2 Å². The molecule has 0 amide bonds. The molecule has 630 valence electrons. The number of carbonyl (C=O) groups is 4. The number of unbranched alkanes of at least 4 members (excludes halogenated alkanes) is 54. The van der Waals surface area contributed by atoms with Crippen molar-refractivity contribution >= 4 is 39.5 Å². The number of hydrogen-bond donors (Lipinski definition) is 3. The van der Waals surface area contributed by atoms with Gasteiger partial charge < -0.3 is 33.8 Å². The van der Waals surface area contributed by atoms with Crippen LogP contribution in [0.5, 0.6) is 0 Å². The van der Waals surface area contributed by atoms with Crippen LogP contribution in [-0.4, -0.2) is 96.7 Å². The van der Waals surface area contributed by atoms with E-state index in [2.05, 4.69) is 41.5 Å². The SMILES string of the molecule is CCCCCCCCCCCCCCCCCCCCCCC(=O)O[C@H](COC(=O)CCCCCCCCCCCCCCCCC(C)CC)COP(=O)(O)OC[C@@H](O)COP(=O)(O)OC[C@@H](COC(=O)CCCCCCCCC(C)CC)OC(=O)CCCCCCCCCCCCCCCCCCCC. The van der Waals surface area contributed by atoms with Gasteiger partial charge >= 0.3 is 39.5 Å². The molecular weight excluding hydrogens is 1380 g/mol. The van der Waals surface area contributed by atoms with E-state index in [0.29, 0.717) is 25.7 Å². The van der Waals surface area contributed by atoms with Crippen molar-refractivity contribution in [1.82, 2.24) is 0 Å². The van der Waals surface area contributed by atoms with Crippen molar-refractivity contribution in [3.63, 3.8) is 0 Å². The number of aliphatic hydroxyl groups is 1. The minimum absolute atomic E-state index is 0.108. The van der Waals surface area contributed by atoms with Crippen LogP contribution in [0.2, 0.25) is 0 Å². The highest BCUT2D eigenvalue weighted by atomic mass is 31.2. The fourth-order valence-electron chi connectivity index (χ4n) is 13.5. The average Bonchev–Trinajstić information content (AvgIpc) is 0.899. The largest absolute Gasteiger partial charge is 0.472 e. The minimum Gasteiger partial charge on any atom is -0.462 e. The summed E-state index contributed by atoms with van der Waals surface area (Å²) in [5.74, 6) is -0.521. The maximum absolute atomic E-state index is 13.2. The van der Waals surface area contributed by atoms with Crippen LogP contribution in [0.4, 0.5) is 0 Å². The second-order valence-electron chi connectivity index (χ2n) is 31.8. The first kappa shape index (κ1) is 104. The van der Waals surface area contributed by atoms with E-state index in [-0.39, 0.29) is 25.7 Å². The van der Waals surface area contributed by atoms with Gasteiger partial charge in [-0.15, -0.1) is 0 Å². The topological polar surface area (TPSA) is 237 Å². The molecule has 0 bridgehead atoms. The van der Waals surface area contributed by atoms with E-state index < -0.39 is 97.5 Å². The lowest BCUT2D eigenvalue weighted by molar-refractivity contribution is -0.161. The first-order valence-corrected chi connectivity index (χ1v) is 48.1. The molecule has 106 heavy (non-hydrogen) atoms. The summed E-state index contributed by atoms with van der Waals surface area (Å²) in [6, 6.07) is 0. The van der Waals surface area contributed by atoms with Crippen LogP contribution in [0.25, 0.3) is 0 Å². The van der Waals surface area contributed by atoms with Gasteiger partial charge in [0.2, 0.25) is 0 Å². The van der Waals surface area contributed by atoms with Gasteiger partial charge in [0.05, 0.1) is 26.4 Å². The Labute approximate surface area is 651 Å². The molecule has 0 fully saturated rings. The number of ether oxygens (including phenoxy) is 4. The third-order valence-corrected chi connectivity index (χ3v) is 23.1. The van der Waals surface area contributed by atoms with Gasteiger partial charge in [-0.25, -0.2) is 9.13 Å². The number of hydrogen-bond acceptors (Lipinski definition) is 15. The molecule has 17 nitrogen and oxygen atoms in total. The smallest absolute Gasteiger partial charge is 0.462 e. The molecule has 0 radical (unpaired) electrons. The van der Waals surface area contributed by atoms with Gasteiger partial charge in [-0.1, -0.05) is 414 Å². The number of phosphoric ester groups is 2. The van der Waals surface area contributed by atoms with Crippen molar-refractivity contribution in [3.05, 3.63) is 0 Å². The first-order valence-electron chi connectivity index (χ1n) is 45.1. The highest BCUT2D eigenvalue weighted by Crippen LogP contribution is 2.45. The van der Waals surface area contributed by atoms with E-state index >= 15 is 0 Å². The molecule has 0 aliphatic rings. The molecule has 0 heterocycles. The van der Waals surface area contributed by atoms with Crippen molar-refractivity contribution in [2.75, 3.05) is 39.6 Å². The summed E-state index contributed by atoms with van der Waals surface area (Å²) >= 11 is 0. The molecule has 0 aromatic rings. The standard InChI is InChI=1S/C87H170O17P2/c1-7-11-13-15-17-19-21-23-25-27-29-30-32-34-40-44-48-52-60-65-71-86(91)103-82(75-97-84(89)69-63-57-50-46-42-38-36-35-37-41-45-49-55-61-67-79(5)9-3)77-101-105(93,94)99-73-81(88)74-100-106(95,96)102-78-83(76-98-85(90)70-64-58-54-53-56-62-68-80(6)10-4)104-87(92)72-66-59-51-47-43-39-33-31-28-26-24-22-20-18-16-14-12-8-2/h79-83,88H,7-78H2,1-6H3,(H,93,94)(H,95,96)/t79?,80?,81-,82-,83-/m1/s1. The minimum atomic E-state index is -4.97. The Kier molecular flexibility index (Phi) is 76.9. The summed E-state index contributed by atoms with van der Waals surface area (Å²) in [5, 5.41) is 10.7. The first-order chi connectivity index (χ1) is 51.4. The molecule has 0 aromatic carbocycles. The Morgan fingerprint density at radius 3 is 0.670 bits per heavy atom. The van der Waals surface area contributed by atoms with Gasteiger partial charge in [-0.2, -0.15) is 0 Å². The zero-order valence-corrected chi connectivity index (χ0v) is 71.5. The summed E-state index contributed by atoms with van der Waals surface area (Å²) in [7, 11) is -9.93. The summed E-state index contributed by atoms with van der Waals surface area (Å²) in [4.78, 5) is 73.3. The summed E-state index contributed by atoms with van der Waals surface area (Å²) in [6.07, 6.45) is 70.8.